The van der Waals surface area contributed by atoms with Crippen molar-refractivity contribution in [3.63, 3.8) is 0 Å². The average Bonchev–Trinajstić information content (AvgIpc) is 2.96. The lowest BCUT2D eigenvalue weighted by atomic mass is 9.83. The Morgan fingerprint density at radius 3 is 2.39 bits per heavy atom. The minimum Gasteiger partial charge on any atom is -0.385 e. The molecule has 136 valence electrons. The van der Waals surface area contributed by atoms with Crippen LogP contribution in [0.5, 0.6) is 0 Å². The third kappa shape index (κ3) is 9.34. The molecule has 23 heavy (non-hydrogen) atoms. The Morgan fingerprint density at radius 2 is 1.83 bits per heavy atom. The molecule has 1 fully saturated rings. The summed E-state index contributed by atoms with van der Waals surface area (Å²) < 4.78 is 5.27. The van der Waals surface area contributed by atoms with E-state index in [9.17, 15) is 4.79 Å². The van der Waals surface area contributed by atoms with Gasteiger partial charge in [-0.15, -0.1) is 24.0 Å². The highest BCUT2D eigenvalue weighted by molar-refractivity contribution is 14.0. The molecule has 0 aromatic carbocycles. The zero-order chi connectivity index (χ0) is 16.3. The molecule has 1 saturated carbocycles. The number of ether oxygens (including phenoxy) is 1. The van der Waals surface area contributed by atoms with Gasteiger partial charge in [0.25, 0.3) is 0 Å². The van der Waals surface area contributed by atoms with Crippen molar-refractivity contribution < 1.29 is 9.53 Å². The van der Waals surface area contributed by atoms with Crippen molar-refractivity contribution in [2.24, 2.45) is 10.4 Å². The van der Waals surface area contributed by atoms with E-state index in [-0.39, 0.29) is 29.9 Å². The van der Waals surface area contributed by atoms with Crippen LogP contribution >= 0.6 is 24.0 Å². The fourth-order valence-corrected chi connectivity index (χ4v) is 2.94. The number of hydrogen-bond donors (Lipinski definition) is 3. The van der Waals surface area contributed by atoms with Crippen LogP contribution in [0.25, 0.3) is 0 Å². The van der Waals surface area contributed by atoms with Gasteiger partial charge in [-0.3, -0.25) is 9.79 Å². The number of methoxy groups -OCH3 is 1. The fraction of sp³-hybridized carbons (Fsp3) is 0.875. The molecule has 0 bridgehead atoms. The maximum Gasteiger partial charge on any atom is 0.216 e. The average molecular weight is 440 g/mol. The molecule has 0 saturated heterocycles. The quantitative estimate of drug-likeness (QED) is 0.222. The van der Waals surface area contributed by atoms with Crippen LogP contribution < -0.4 is 16.0 Å². The van der Waals surface area contributed by atoms with E-state index in [0.717, 1.165) is 32.1 Å². The summed E-state index contributed by atoms with van der Waals surface area (Å²) in [4.78, 5) is 15.6. The molecular weight excluding hydrogens is 407 g/mol. The molecule has 0 unspecified atom stereocenters. The summed E-state index contributed by atoms with van der Waals surface area (Å²) in [6.07, 6.45) is 6.16. The lowest BCUT2D eigenvalue weighted by Crippen LogP contribution is -2.42. The molecule has 1 amide bonds. The monoisotopic (exact) mass is 440 g/mol. The molecule has 0 heterocycles. The number of aliphatic imine (C=N–C) groups is 1. The highest BCUT2D eigenvalue weighted by Gasteiger charge is 2.33. The second-order valence-electron chi connectivity index (χ2n) is 6.05. The smallest absolute Gasteiger partial charge is 0.216 e. The Balaban J connectivity index is 0.00000484. The topological polar surface area (TPSA) is 74.8 Å². The van der Waals surface area contributed by atoms with Gasteiger partial charge >= 0.3 is 0 Å². The number of nitrogens with zero attached hydrogens (tertiary/aromatic N) is 1. The first-order chi connectivity index (χ1) is 10.6. The predicted octanol–water partition coefficient (Wildman–Crippen LogP) is 1.89. The van der Waals surface area contributed by atoms with Crippen LogP contribution in [0.15, 0.2) is 4.99 Å². The van der Waals surface area contributed by atoms with Crippen molar-refractivity contribution in [3.05, 3.63) is 0 Å². The van der Waals surface area contributed by atoms with Gasteiger partial charge in [-0.25, -0.2) is 0 Å². The highest BCUT2D eigenvalue weighted by atomic mass is 127. The highest BCUT2D eigenvalue weighted by Crippen LogP contribution is 2.41. The maximum absolute atomic E-state index is 10.9. The summed E-state index contributed by atoms with van der Waals surface area (Å²) in [7, 11) is 1.76. The van der Waals surface area contributed by atoms with E-state index in [1.54, 1.807) is 7.11 Å². The molecule has 1 aliphatic rings. The van der Waals surface area contributed by atoms with Crippen molar-refractivity contribution in [3.8, 4) is 0 Å². The van der Waals surface area contributed by atoms with Gasteiger partial charge in [0.1, 0.15) is 0 Å². The molecule has 1 rings (SSSR count). The van der Waals surface area contributed by atoms with Gasteiger partial charge in [-0.05, 0) is 31.6 Å². The third-order valence-electron chi connectivity index (χ3n) is 4.21. The van der Waals surface area contributed by atoms with E-state index in [2.05, 4.69) is 22.9 Å². The van der Waals surface area contributed by atoms with Gasteiger partial charge in [0, 0.05) is 46.8 Å². The summed E-state index contributed by atoms with van der Waals surface area (Å²) in [5, 5.41) is 9.30. The van der Waals surface area contributed by atoms with Gasteiger partial charge in [0.2, 0.25) is 5.91 Å². The van der Waals surface area contributed by atoms with Gasteiger partial charge < -0.3 is 20.7 Å². The molecule has 0 radical (unpaired) electrons. The van der Waals surface area contributed by atoms with Gasteiger partial charge in [0.05, 0.1) is 0 Å². The van der Waals surface area contributed by atoms with Gasteiger partial charge in [-0.1, -0.05) is 12.8 Å². The fourth-order valence-electron chi connectivity index (χ4n) is 2.94. The van der Waals surface area contributed by atoms with Crippen LogP contribution in [-0.2, 0) is 9.53 Å². The Labute approximate surface area is 157 Å². The van der Waals surface area contributed by atoms with Crippen molar-refractivity contribution >= 4 is 35.8 Å². The number of hydrogen-bond acceptors (Lipinski definition) is 3. The van der Waals surface area contributed by atoms with Crippen LogP contribution in [0.3, 0.4) is 0 Å². The molecule has 0 aromatic heterocycles. The van der Waals surface area contributed by atoms with Crippen LogP contribution in [0.2, 0.25) is 0 Å². The number of nitrogens with one attached hydrogen (secondary N) is 3. The van der Waals surface area contributed by atoms with Crippen LogP contribution in [0.1, 0.15) is 46.0 Å². The zero-order valence-electron chi connectivity index (χ0n) is 14.7. The normalized spacial score (nSPS) is 16.6. The second-order valence-corrected chi connectivity index (χ2v) is 6.05. The number of amides is 1. The molecule has 0 aliphatic heterocycles. The standard InChI is InChI=1S/C16H32N4O2.HI/c1-4-17-15(19-11-10-18-14(2)21)20-13-16(9-12-22-3)7-5-6-8-16;/h4-13H2,1-3H3,(H,18,21)(H2,17,19,20);1H. The van der Waals surface area contributed by atoms with Crippen molar-refractivity contribution in [2.75, 3.05) is 39.9 Å². The van der Waals surface area contributed by atoms with Crippen molar-refractivity contribution in [1.82, 2.24) is 16.0 Å². The number of carbonyl (C=O) groups excluding carboxylic acids is 1. The van der Waals surface area contributed by atoms with E-state index in [0.29, 0.717) is 18.5 Å². The number of guanidine groups is 1. The van der Waals surface area contributed by atoms with E-state index in [1.165, 1.54) is 32.6 Å². The first kappa shape index (κ1) is 22.4. The predicted molar refractivity (Wildman–Crippen MR) is 105 cm³/mol. The summed E-state index contributed by atoms with van der Waals surface area (Å²) in [5.74, 6) is 0.824. The molecule has 6 nitrogen and oxygen atoms in total. The van der Waals surface area contributed by atoms with Crippen LogP contribution in [0.4, 0.5) is 0 Å². The molecule has 0 aromatic rings. The summed E-state index contributed by atoms with van der Waals surface area (Å²) in [6.45, 7) is 7.34. The molecule has 3 N–H and O–H groups in total. The SMILES string of the molecule is CCNC(=NCC1(CCOC)CCCC1)NCCNC(C)=O.I. The lowest BCUT2D eigenvalue weighted by molar-refractivity contribution is -0.118. The third-order valence-corrected chi connectivity index (χ3v) is 4.21. The molecule has 0 atom stereocenters. The summed E-state index contributed by atoms with van der Waals surface area (Å²) in [6, 6.07) is 0. The minimum atomic E-state index is -0.00628. The van der Waals surface area contributed by atoms with E-state index < -0.39 is 0 Å². The Hall–Kier alpha value is -0.570. The first-order valence-electron chi connectivity index (χ1n) is 8.37. The van der Waals surface area contributed by atoms with Crippen molar-refractivity contribution in [1.29, 1.82) is 0 Å². The first-order valence-corrected chi connectivity index (χ1v) is 8.37. The minimum absolute atomic E-state index is 0. The molecule has 1 aliphatic carbocycles. The van der Waals surface area contributed by atoms with Crippen LogP contribution in [-0.4, -0.2) is 51.8 Å². The Kier molecular flexibility index (Phi) is 12.5. The molecule has 7 heteroatoms. The maximum atomic E-state index is 10.9. The van der Waals surface area contributed by atoms with E-state index in [1.807, 2.05) is 0 Å². The van der Waals surface area contributed by atoms with Gasteiger partial charge in [0.15, 0.2) is 5.96 Å². The molecular formula is C16H33IN4O2. The lowest BCUT2D eigenvalue weighted by Gasteiger charge is -2.27. The van der Waals surface area contributed by atoms with Crippen molar-refractivity contribution in [2.45, 2.75) is 46.0 Å². The Bertz CT molecular complexity index is 358. The largest absolute Gasteiger partial charge is 0.385 e. The number of carbonyl (C=O) groups is 1. The second kappa shape index (κ2) is 12.8. The summed E-state index contributed by atoms with van der Waals surface area (Å²) in [5.41, 5.74) is 0.302. The Morgan fingerprint density at radius 1 is 1.17 bits per heavy atom. The molecule has 0 spiro atoms. The van der Waals surface area contributed by atoms with Crippen LogP contribution in [0, 0.1) is 5.41 Å². The summed E-state index contributed by atoms with van der Waals surface area (Å²) >= 11 is 0. The van der Waals surface area contributed by atoms with E-state index >= 15 is 0 Å². The van der Waals surface area contributed by atoms with Gasteiger partial charge in [-0.2, -0.15) is 0 Å². The number of rotatable bonds is 9. The van der Waals surface area contributed by atoms with E-state index in [4.69, 9.17) is 9.73 Å². The number of halogens is 1. The zero-order valence-corrected chi connectivity index (χ0v) is 17.1.